The van der Waals surface area contributed by atoms with Gasteiger partial charge >= 0.3 is 0 Å². The molecule has 0 radical (unpaired) electrons. The molecule has 0 aliphatic heterocycles. The van der Waals surface area contributed by atoms with Gasteiger partial charge in [0, 0.05) is 13.2 Å². The Kier molecular flexibility index (Phi) is 7.53. The molecule has 2 heteroatoms. The summed E-state index contributed by atoms with van der Waals surface area (Å²) in [6.45, 7) is 12.8. The molecule has 0 saturated heterocycles. The molecule has 0 aromatic heterocycles. The molecule has 1 saturated carbocycles. The predicted octanol–water partition coefficient (Wildman–Crippen LogP) is 4.63. The lowest BCUT2D eigenvalue weighted by atomic mass is 9.68. The first-order chi connectivity index (χ1) is 9.54. The molecule has 1 aliphatic rings. The zero-order valence-corrected chi connectivity index (χ0v) is 14.7. The molecule has 1 rings (SSSR count). The Morgan fingerprint density at radius 2 is 1.75 bits per heavy atom. The second-order valence-electron chi connectivity index (χ2n) is 6.94. The van der Waals surface area contributed by atoms with Crippen molar-refractivity contribution in [2.45, 2.75) is 84.8 Å². The van der Waals surface area contributed by atoms with Crippen LogP contribution in [-0.2, 0) is 4.74 Å². The SMILES string of the molecule is CCCNC(C1CCC(C)C(C)C1)C(CC)(CC)OC. The van der Waals surface area contributed by atoms with E-state index >= 15 is 0 Å². The summed E-state index contributed by atoms with van der Waals surface area (Å²) in [6.07, 6.45) is 7.49. The van der Waals surface area contributed by atoms with Crippen molar-refractivity contribution in [1.29, 1.82) is 0 Å². The highest BCUT2D eigenvalue weighted by molar-refractivity contribution is 4.97. The van der Waals surface area contributed by atoms with Crippen molar-refractivity contribution in [3.05, 3.63) is 0 Å². The third-order valence-electron chi connectivity index (χ3n) is 5.89. The van der Waals surface area contributed by atoms with Crippen LogP contribution in [0.1, 0.15) is 73.1 Å². The summed E-state index contributed by atoms with van der Waals surface area (Å²) < 4.78 is 6.05. The van der Waals surface area contributed by atoms with Gasteiger partial charge in [-0.2, -0.15) is 0 Å². The van der Waals surface area contributed by atoms with E-state index in [9.17, 15) is 0 Å². The molecule has 1 N–H and O–H groups in total. The van der Waals surface area contributed by atoms with Crippen LogP contribution in [0.4, 0.5) is 0 Å². The fourth-order valence-corrected chi connectivity index (χ4v) is 4.08. The van der Waals surface area contributed by atoms with Gasteiger partial charge in [-0.05, 0) is 56.4 Å². The van der Waals surface area contributed by atoms with Gasteiger partial charge in [0.2, 0.25) is 0 Å². The van der Waals surface area contributed by atoms with Crippen molar-refractivity contribution in [2.24, 2.45) is 17.8 Å². The third kappa shape index (κ3) is 3.98. The molecule has 0 bridgehead atoms. The predicted molar refractivity (Wildman–Crippen MR) is 88.1 cm³/mol. The Morgan fingerprint density at radius 1 is 1.10 bits per heavy atom. The van der Waals surface area contributed by atoms with E-state index in [0.717, 1.165) is 37.1 Å². The van der Waals surface area contributed by atoms with Crippen molar-refractivity contribution in [3.8, 4) is 0 Å². The lowest BCUT2D eigenvalue weighted by Crippen LogP contribution is -2.56. The van der Waals surface area contributed by atoms with Crippen LogP contribution in [-0.4, -0.2) is 25.3 Å². The molecule has 0 heterocycles. The summed E-state index contributed by atoms with van der Waals surface area (Å²) in [5, 5.41) is 3.84. The summed E-state index contributed by atoms with van der Waals surface area (Å²) in [7, 11) is 1.91. The van der Waals surface area contributed by atoms with E-state index < -0.39 is 0 Å². The molecule has 1 aliphatic carbocycles. The molecule has 0 spiro atoms. The minimum Gasteiger partial charge on any atom is -0.377 e. The van der Waals surface area contributed by atoms with E-state index in [1.165, 1.54) is 25.7 Å². The van der Waals surface area contributed by atoms with Gasteiger partial charge in [0.25, 0.3) is 0 Å². The van der Waals surface area contributed by atoms with Gasteiger partial charge in [0.15, 0.2) is 0 Å². The van der Waals surface area contributed by atoms with Gasteiger partial charge in [-0.1, -0.05) is 41.0 Å². The third-order valence-corrected chi connectivity index (χ3v) is 5.89. The van der Waals surface area contributed by atoms with Gasteiger partial charge < -0.3 is 10.1 Å². The topological polar surface area (TPSA) is 21.3 Å². The van der Waals surface area contributed by atoms with Crippen LogP contribution in [0.2, 0.25) is 0 Å². The van der Waals surface area contributed by atoms with Gasteiger partial charge in [-0.25, -0.2) is 0 Å². The monoisotopic (exact) mass is 283 g/mol. The molecule has 0 aromatic carbocycles. The van der Waals surface area contributed by atoms with Gasteiger partial charge in [0.05, 0.1) is 5.60 Å². The lowest BCUT2D eigenvalue weighted by molar-refractivity contribution is -0.0712. The van der Waals surface area contributed by atoms with Crippen molar-refractivity contribution in [2.75, 3.05) is 13.7 Å². The first-order valence-corrected chi connectivity index (χ1v) is 8.83. The van der Waals surface area contributed by atoms with Crippen molar-refractivity contribution < 1.29 is 4.74 Å². The molecular weight excluding hydrogens is 246 g/mol. The molecule has 4 atom stereocenters. The molecular formula is C18H37NO. The van der Waals surface area contributed by atoms with Crippen LogP contribution in [0, 0.1) is 17.8 Å². The van der Waals surface area contributed by atoms with Crippen LogP contribution in [0.3, 0.4) is 0 Å². The number of rotatable bonds is 8. The average Bonchev–Trinajstić information content (AvgIpc) is 2.47. The van der Waals surface area contributed by atoms with Crippen LogP contribution in [0.25, 0.3) is 0 Å². The Morgan fingerprint density at radius 3 is 2.20 bits per heavy atom. The average molecular weight is 283 g/mol. The second-order valence-corrected chi connectivity index (χ2v) is 6.94. The summed E-state index contributed by atoms with van der Waals surface area (Å²) >= 11 is 0. The van der Waals surface area contributed by atoms with Crippen LogP contribution < -0.4 is 5.32 Å². The maximum absolute atomic E-state index is 6.05. The van der Waals surface area contributed by atoms with Crippen molar-refractivity contribution in [3.63, 3.8) is 0 Å². The maximum atomic E-state index is 6.05. The maximum Gasteiger partial charge on any atom is 0.0828 e. The van der Waals surface area contributed by atoms with Crippen molar-refractivity contribution in [1.82, 2.24) is 5.32 Å². The largest absolute Gasteiger partial charge is 0.377 e. The summed E-state index contributed by atoms with van der Waals surface area (Å²) in [4.78, 5) is 0. The quantitative estimate of drug-likeness (QED) is 0.701. The normalized spacial score (nSPS) is 29.4. The highest BCUT2D eigenvalue weighted by Crippen LogP contribution is 2.40. The zero-order chi connectivity index (χ0) is 15.2. The van der Waals surface area contributed by atoms with E-state index in [2.05, 4.69) is 39.9 Å². The fourth-order valence-electron chi connectivity index (χ4n) is 4.08. The summed E-state index contributed by atoms with van der Waals surface area (Å²) in [6, 6.07) is 0.511. The lowest BCUT2D eigenvalue weighted by Gasteiger charge is -2.46. The zero-order valence-electron chi connectivity index (χ0n) is 14.7. The Bertz CT molecular complexity index is 254. The van der Waals surface area contributed by atoms with E-state index in [1.54, 1.807) is 0 Å². The number of hydrogen-bond acceptors (Lipinski definition) is 2. The van der Waals surface area contributed by atoms with E-state index in [1.807, 2.05) is 7.11 Å². The Hall–Kier alpha value is -0.0800. The number of hydrogen-bond donors (Lipinski definition) is 1. The molecule has 2 nitrogen and oxygen atoms in total. The summed E-state index contributed by atoms with van der Waals surface area (Å²) in [5.74, 6) is 2.51. The van der Waals surface area contributed by atoms with Crippen molar-refractivity contribution >= 4 is 0 Å². The first-order valence-electron chi connectivity index (χ1n) is 8.83. The minimum atomic E-state index is 0.0140. The first kappa shape index (κ1) is 18.0. The molecule has 20 heavy (non-hydrogen) atoms. The molecule has 1 fully saturated rings. The second kappa shape index (κ2) is 8.38. The Balaban J connectivity index is 2.87. The van der Waals surface area contributed by atoms with E-state index in [-0.39, 0.29) is 5.60 Å². The van der Waals surface area contributed by atoms with Crippen LogP contribution in [0.5, 0.6) is 0 Å². The van der Waals surface area contributed by atoms with E-state index in [4.69, 9.17) is 4.74 Å². The highest BCUT2D eigenvalue weighted by atomic mass is 16.5. The smallest absolute Gasteiger partial charge is 0.0828 e. The standard InChI is InChI=1S/C18H37NO/c1-7-12-19-17(18(8-2,9-3)20-6)16-11-10-14(4)15(5)13-16/h14-17,19H,7-13H2,1-6H3. The van der Waals surface area contributed by atoms with Crippen LogP contribution in [0.15, 0.2) is 0 Å². The molecule has 4 unspecified atom stereocenters. The van der Waals surface area contributed by atoms with Crippen LogP contribution >= 0.6 is 0 Å². The van der Waals surface area contributed by atoms with Gasteiger partial charge in [0.1, 0.15) is 0 Å². The molecule has 0 amide bonds. The highest BCUT2D eigenvalue weighted by Gasteiger charge is 2.42. The number of ether oxygens (including phenoxy) is 1. The molecule has 120 valence electrons. The molecule has 0 aromatic rings. The van der Waals surface area contributed by atoms with E-state index in [0.29, 0.717) is 6.04 Å². The summed E-state index contributed by atoms with van der Waals surface area (Å²) in [5.41, 5.74) is 0.0140. The number of nitrogens with one attached hydrogen (secondary N) is 1. The number of methoxy groups -OCH3 is 1. The Labute approximate surface area is 127 Å². The fraction of sp³-hybridized carbons (Fsp3) is 1.00. The minimum absolute atomic E-state index is 0.0140. The van der Waals surface area contributed by atoms with Gasteiger partial charge in [-0.15, -0.1) is 0 Å². The van der Waals surface area contributed by atoms with Gasteiger partial charge in [-0.3, -0.25) is 0 Å².